The van der Waals surface area contributed by atoms with Gasteiger partial charge in [0, 0.05) is 19.4 Å². The zero-order valence-corrected chi connectivity index (χ0v) is 22.1. The Hall–Kier alpha value is -2.66. The van der Waals surface area contributed by atoms with Crippen LogP contribution in [0, 0.1) is 17.8 Å². The molecule has 1 heterocycles. The number of nitrogens with zero attached hydrogens (tertiary/aromatic N) is 2. The van der Waals surface area contributed by atoms with Crippen molar-refractivity contribution in [3.8, 4) is 0 Å². The fourth-order valence-electron chi connectivity index (χ4n) is 6.61. The van der Waals surface area contributed by atoms with Crippen molar-refractivity contribution < 1.29 is 9.53 Å². The number of carbonyl (C=O) groups excluding carboxylic acids is 1. The van der Waals surface area contributed by atoms with Gasteiger partial charge in [-0.3, -0.25) is 4.79 Å². The minimum absolute atomic E-state index is 0.0358. The molecule has 36 heavy (non-hydrogen) atoms. The van der Waals surface area contributed by atoms with Gasteiger partial charge in [-0.25, -0.2) is 4.98 Å². The summed E-state index contributed by atoms with van der Waals surface area (Å²) in [5, 5.41) is 0. The second-order valence-corrected chi connectivity index (χ2v) is 11.5. The number of esters is 1. The molecule has 0 saturated heterocycles. The van der Waals surface area contributed by atoms with Crippen LogP contribution in [0.3, 0.4) is 0 Å². The Labute approximate surface area is 215 Å². The van der Waals surface area contributed by atoms with Gasteiger partial charge in [0.05, 0.1) is 17.0 Å². The summed E-state index contributed by atoms with van der Waals surface area (Å²) < 4.78 is 6.44. The van der Waals surface area contributed by atoms with Gasteiger partial charge in [-0.1, -0.05) is 56.3 Å². The van der Waals surface area contributed by atoms with Crippen LogP contribution in [0.2, 0.25) is 0 Å². The van der Waals surface area contributed by atoms with E-state index in [9.17, 15) is 4.79 Å². The van der Waals surface area contributed by atoms with Crippen molar-refractivity contribution in [2.75, 3.05) is 20.1 Å². The number of aromatic amines is 1. The molecular formula is C31H41N3O2. The lowest BCUT2D eigenvalue weighted by Crippen LogP contribution is -2.54. The first-order chi connectivity index (χ1) is 17.4. The molecule has 0 amide bonds. The number of carbonyl (C=O) groups is 1. The van der Waals surface area contributed by atoms with Crippen LogP contribution in [0.5, 0.6) is 0 Å². The van der Waals surface area contributed by atoms with Gasteiger partial charge in [-0.15, -0.1) is 0 Å². The van der Waals surface area contributed by atoms with Gasteiger partial charge in [-0.05, 0) is 81.1 Å². The van der Waals surface area contributed by atoms with Crippen LogP contribution < -0.4 is 0 Å². The summed E-state index contributed by atoms with van der Waals surface area (Å²) in [5.41, 5.74) is 3.29. The first kappa shape index (κ1) is 25.0. The van der Waals surface area contributed by atoms with Crippen molar-refractivity contribution in [3.63, 3.8) is 0 Å². The molecule has 3 aromatic rings. The molecule has 192 valence electrons. The first-order valence-electron chi connectivity index (χ1n) is 13.8. The number of aryl methyl sites for hydroxylation is 1. The predicted octanol–water partition coefficient (Wildman–Crippen LogP) is 6.36. The fraction of sp³-hybridized carbons (Fsp3) is 0.548. The number of nitrogens with one attached hydrogen (secondary N) is 1. The second-order valence-electron chi connectivity index (χ2n) is 11.5. The molecule has 3 fully saturated rings. The summed E-state index contributed by atoms with van der Waals surface area (Å²) in [6, 6.07) is 19.2. The van der Waals surface area contributed by atoms with Gasteiger partial charge < -0.3 is 14.6 Å². The maximum absolute atomic E-state index is 12.8. The topological polar surface area (TPSA) is 58.2 Å². The van der Waals surface area contributed by atoms with E-state index in [-0.39, 0.29) is 17.5 Å². The van der Waals surface area contributed by atoms with Crippen molar-refractivity contribution in [2.45, 2.75) is 70.3 Å². The Kier molecular flexibility index (Phi) is 7.47. The first-order valence-corrected chi connectivity index (χ1v) is 13.8. The number of fused-ring (bicyclic) bond motifs is 4. The van der Waals surface area contributed by atoms with Crippen LogP contribution in [0.25, 0.3) is 11.0 Å². The van der Waals surface area contributed by atoms with E-state index in [1.165, 1.54) is 18.4 Å². The zero-order valence-electron chi connectivity index (χ0n) is 22.1. The predicted molar refractivity (Wildman–Crippen MR) is 145 cm³/mol. The number of para-hydroxylation sites is 2. The molecular weight excluding hydrogens is 446 g/mol. The van der Waals surface area contributed by atoms with Crippen molar-refractivity contribution >= 4 is 17.0 Å². The van der Waals surface area contributed by atoms with E-state index in [1.54, 1.807) is 0 Å². The number of hydrogen-bond donors (Lipinski definition) is 1. The third-order valence-electron chi connectivity index (χ3n) is 8.66. The summed E-state index contributed by atoms with van der Waals surface area (Å²) in [7, 11) is 2.20. The van der Waals surface area contributed by atoms with Crippen molar-refractivity contribution in [2.24, 2.45) is 17.8 Å². The quantitative estimate of drug-likeness (QED) is 0.338. The minimum atomic E-state index is -0.317. The summed E-state index contributed by atoms with van der Waals surface area (Å²) in [6.45, 7) is 5.86. The Morgan fingerprint density at radius 1 is 1.11 bits per heavy atom. The smallest absolute Gasteiger partial charge is 0.308 e. The van der Waals surface area contributed by atoms with E-state index < -0.39 is 0 Å². The van der Waals surface area contributed by atoms with Crippen molar-refractivity contribution in [1.29, 1.82) is 0 Å². The normalized spacial score (nSPS) is 25.6. The summed E-state index contributed by atoms with van der Waals surface area (Å²) in [4.78, 5) is 23.4. The lowest BCUT2D eigenvalue weighted by Gasteiger charge is -2.54. The molecule has 3 aliphatic carbocycles. The highest BCUT2D eigenvalue weighted by Gasteiger charge is 2.53. The second kappa shape index (κ2) is 10.8. The van der Waals surface area contributed by atoms with Gasteiger partial charge in [0.2, 0.25) is 0 Å². The lowest BCUT2D eigenvalue weighted by molar-refractivity contribution is -0.188. The zero-order chi connectivity index (χ0) is 25.1. The van der Waals surface area contributed by atoms with Gasteiger partial charge in [0.25, 0.3) is 0 Å². The maximum Gasteiger partial charge on any atom is 0.308 e. The van der Waals surface area contributed by atoms with Gasteiger partial charge in [-0.2, -0.15) is 0 Å². The van der Waals surface area contributed by atoms with E-state index in [4.69, 9.17) is 9.72 Å². The number of H-pyrrole nitrogens is 1. The van der Waals surface area contributed by atoms with Crippen molar-refractivity contribution in [3.05, 3.63) is 66.0 Å². The minimum Gasteiger partial charge on any atom is -0.459 e. The highest BCUT2D eigenvalue weighted by molar-refractivity contribution is 5.74. The number of imidazole rings is 1. The number of hydrogen-bond acceptors (Lipinski definition) is 4. The van der Waals surface area contributed by atoms with E-state index in [0.717, 1.165) is 62.1 Å². The molecule has 1 N–H and O–H groups in total. The standard InChI is InChI=1S/C31H41N3O2/c1-22(2)30(35)36-31(21-24-15-16-25(31)20-26(24)23-10-5-4-6-11-23)17-19-34(3)18-9-14-29-32-27-12-7-8-13-28(27)33-29/h4-8,10-13,22,24-26H,9,14-21H2,1-3H3,(H,32,33). The average Bonchev–Trinajstić information content (AvgIpc) is 3.31. The molecule has 4 unspecified atom stereocenters. The molecule has 6 rings (SSSR count). The largest absolute Gasteiger partial charge is 0.459 e. The van der Waals surface area contributed by atoms with Crippen molar-refractivity contribution in [1.82, 2.24) is 14.9 Å². The van der Waals surface area contributed by atoms with E-state index in [1.807, 2.05) is 26.0 Å². The highest BCUT2D eigenvalue weighted by atomic mass is 16.6. The Balaban J connectivity index is 1.21. The van der Waals surface area contributed by atoms with E-state index >= 15 is 0 Å². The maximum atomic E-state index is 12.8. The van der Waals surface area contributed by atoms with E-state index in [0.29, 0.717) is 17.8 Å². The van der Waals surface area contributed by atoms with Crippen LogP contribution in [0.4, 0.5) is 0 Å². The van der Waals surface area contributed by atoms with Crippen LogP contribution >= 0.6 is 0 Å². The highest BCUT2D eigenvalue weighted by Crippen LogP contribution is 2.56. The van der Waals surface area contributed by atoms with Crippen LogP contribution in [-0.4, -0.2) is 46.6 Å². The Bertz CT molecular complexity index is 1120. The summed E-state index contributed by atoms with van der Waals surface area (Å²) >= 11 is 0. The number of rotatable bonds is 10. The third-order valence-corrected chi connectivity index (χ3v) is 8.66. The number of ether oxygens (including phenoxy) is 1. The van der Waals surface area contributed by atoms with E-state index in [2.05, 4.69) is 59.4 Å². The molecule has 5 heteroatoms. The molecule has 2 aromatic carbocycles. The molecule has 5 nitrogen and oxygen atoms in total. The summed E-state index contributed by atoms with van der Waals surface area (Å²) in [6.07, 6.45) is 7.48. The number of aromatic nitrogens is 2. The average molecular weight is 488 g/mol. The van der Waals surface area contributed by atoms with Crippen LogP contribution in [0.1, 0.15) is 69.7 Å². The van der Waals surface area contributed by atoms with Gasteiger partial charge in [0.1, 0.15) is 11.4 Å². The van der Waals surface area contributed by atoms with Gasteiger partial charge >= 0.3 is 5.97 Å². The lowest BCUT2D eigenvalue weighted by atomic mass is 9.55. The summed E-state index contributed by atoms with van der Waals surface area (Å²) in [5.74, 6) is 2.57. The molecule has 1 aromatic heterocycles. The molecule has 2 bridgehead atoms. The monoisotopic (exact) mass is 487 g/mol. The third kappa shape index (κ3) is 5.36. The molecule has 0 radical (unpaired) electrons. The van der Waals surface area contributed by atoms with Crippen LogP contribution in [0.15, 0.2) is 54.6 Å². The molecule has 0 spiro atoms. The molecule has 0 aliphatic heterocycles. The SMILES string of the molecule is CC(C)C(=O)OC1(CCN(C)CCCc2nc3ccccc3[nH]2)CC2CCC1CC2c1ccccc1. The molecule has 3 saturated carbocycles. The Morgan fingerprint density at radius 3 is 2.61 bits per heavy atom. The molecule has 4 atom stereocenters. The molecule has 3 aliphatic rings. The number of benzene rings is 2. The van der Waals surface area contributed by atoms with Gasteiger partial charge in [0.15, 0.2) is 0 Å². The fourth-order valence-corrected chi connectivity index (χ4v) is 6.61. The van der Waals surface area contributed by atoms with Crippen LogP contribution in [-0.2, 0) is 16.0 Å². The Morgan fingerprint density at radius 2 is 1.89 bits per heavy atom.